The van der Waals surface area contributed by atoms with Gasteiger partial charge < -0.3 is 9.47 Å². The lowest BCUT2D eigenvalue weighted by Crippen LogP contribution is -2.07. The van der Waals surface area contributed by atoms with Crippen molar-refractivity contribution in [3.63, 3.8) is 0 Å². The Kier molecular flexibility index (Phi) is 4.08. The Morgan fingerprint density at radius 2 is 2.20 bits per heavy atom. The maximum Gasteiger partial charge on any atom is 0.341 e. The molecule has 1 aromatic carbocycles. The number of carbonyl (C=O) groups excluding carboxylic acids is 1. The Morgan fingerprint density at radius 1 is 1.53 bits per heavy atom. The third kappa shape index (κ3) is 2.68. The van der Waals surface area contributed by atoms with Gasteiger partial charge in [-0.3, -0.25) is 0 Å². The summed E-state index contributed by atoms with van der Waals surface area (Å²) >= 11 is 2.99. The smallest absolute Gasteiger partial charge is 0.341 e. The molecular weight excluding hydrogens is 267 g/mol. The molecule has 82 valence electrons. The fraction of sp³-hybridized carbons (Fsp3) is 0.300. The van der Waals surface area contributed by atoms with Crippen LogP contribution in [0.1, 0.15) is 17.3 Å². The van der Waals surface area contributed by atoms with E-state index in [9.17, 15) is 9.18 Å². The third-order valence-electron chi connectivity index (χ3n) is 1.74. The van der Waals surface area contributed by atoms with Crippen LogP contribution in [-0.4, -0.2) is 19.7 Å². The van der Waals surface area contributed by atoms with Gasteiger partial charge in [-0.2, -0.15) is 0 Å². The van der Waals surface area contributed by atoms with Crippen LogP contribution in [0.4, 0.5) is 4.39 Å². The molecule has 0 amide bonds. The number of halogens is 2. The van der Waals surface area contributed by atoms with E-state index in [1.807, 2.05) is 0 Å². The van der Waals surface area contributed by atoms with Crippen molar-refractivity contribution < 1.29 is 18.7 Å². The van der Waals surface area contributed by atoms with E-state index < -0.39 is 11.8 Å². The molecule has 0 saturated carbocycles. The highest BCUT2D eigenvalue weighted by molar-refractivity contribution is 9.10. The lowest BCUT2D eigenvalue weighted by atomic mass is 10.2. The van der Waals surface area contributed by atoms with Crippen LogP contribution >= 0.6 is 15.9 Å². The summed E-state index contributed by atoms with van der Waals surface area (Å²) in [5.41, 5.74) is 0.202. The van der Waals surface area contributed by atoms with E-state index in [1.165, 1.54) is 13.2 Å². The molecule has 0 aliphatic rings. The second kappa shape index (κ2) is 5.11. The minimum Gasteiger partial charge on any atom is -0.496 e. The molecule has 0 N–H and O–H groups in total. The summed E-state index contributed by atoms with van der Waals surface area (Å²) in [4.78, 5) is 11.4. The molecule has 0 aromatic heterocycles. The Labute approximate surface area is 95.3 Å². The first kappa shape index (κ1) is 12.0. The minimum absolute atomic E-state index is 0.161. The summed E-state index contributed by atoms with van der Waals surface area (Å²) in [6.45, 7) is 1.96. The average molecular weight is 277 g/mol. The lowest BCUT2D eigenvalue weighted by molar-refractivity contribution is 0.0522. The van der Waals surface area contributed by atoms with Gasteiger partial charge in [0.05, 0.1) is 18.2 Å². The first-order chi connectivity index (χ1) is 7.10. The molecule has 0 aliphatic carbocycles. The van der Waals surface area contributed by atoms with Crippen LogP contribution in [0.15, 0.2) is 16.6 Å². The van der Waals surface area contributed by atoms with Gasteiger partial charge >= 0.3 is 5.97 Å². The average Bonchev–Trinajstić information content (AvgIpc) is 2.21. The van der Waals surface area contributed by atoms with Crippen molar-refractivity contribution in [1.29, 1.82) is 0 Å². The quantitative estimate of drug-likeness (QED) is 0.797. The zero-order valence-electron chi connectivity index (χ0n) is 8.34. The number of ether oxygens (including phenoxy) is 2. The van der Waals surface area contributed by atoms with Gasteiger partial charge in [0, 0.05) is 6.07 Å². The monoisotopic (exact) mass is 276 g/mol. The predicted octanol–water partition coefficient (Wildman–Crippen LogP) is 2.77. The molecule has 5 heteroatoms. The highest BCUT2D eigenvalue weighted by Gasteiger charge is 2.16. The molecule has 0 unspecified atom stereocenters. The van der Waals surface area contributed by atoms with Gasteiger partial charge in [-0.25, -0.2) is 9.18 Å². The molecule has 0 aliphatic heterocycles. The van der Waals surface area contributed by atoms with Gasteiger partial charge in [0.25, 0.3) is 0 Å². The maximum atomic E-state index is 13.1. The van der Waals surface area contributed by atoms with Gasteiger partial charge in [-0.1, -0.05) is 0 Å². The molecular formula is C10H10BrFO3. The Morgan fingerprint density at radius 3 is 2.73 bits per heavy atom. The van der Waals surface area contributed by atoms with Crippen molar-refractivity contribution in [2.24, 2.45) is 0 Å². The SMILES string of the molecule is CCOC(=O)c1cc(Br)c(F)cc1OC. The van der Waals surface area contributed by atoms with Crippen LogP contribution in [0.2, 0.25) is 0 Å². The van der Waals surface area contributed by atoms with Crippen LogP contribution in [0, 0.1) is 5.82 Å². The fourth-order valence-electron chi connectivity index (χ4n) is 1.07. The van der Waals surface area contributed by atoms with Crippen molar-refractivity contribution in [3.8, 4) is 5.75 Å². The van der Waals surface area contributed by atoms with E-state index in [1.54, 1.807) is 6.92 Å². The summed E-state index contributed by atoms with van der Waals surface area (Å²) in [6.07, 6.45) is 0. The molecule has 0 fully saturated rings. The molecule has 15 heavy (non-hydrogen) atoms. The fourth-order valence-corrected chi connectivity index (χ4v) is 1.41. The topological polar surface area (TPSA) is 35.5 Å². The molecule has 0 atom stereocenters. The summed E-state index contributed by atoms with van der Waals surface area (Å²) < 4.78 is 23.0. The molecule has 0 radical (unpaired) electrons. The second-order valence-corrected chi connectivity index (χ2v) is 3.54. The predicted molar refractivity (Wildman–Crippen MR) is 56.6 cm³/mol. The maximum absolute atomic E-state index is 13.1. The van der Waals surface area contributed by atoms with Gasteiger partial charge in [0.15, 0.2) is 0 Å². The number of rotatable bonds is 3. The van der Waals surface area contributed by atoms with Crippen LogP contribution in [0.3, 0.4) is 0 Å². The number of hydrogen-bond acceptors (Lipinski definition) is 3. The molecule has 1 aromatic rings. The van der Waals surface area contributed by atoms with E-state index >= 15 is 0 Å². The third-order valence-corrected chi connectivity index (χ3v) is 2.35. The van der Waals surface area contributed by atoms with Gasteiger partial charge in [0.1, 0.15) is 17.1 Å². The van der Waals surface area contributed by atoms with E-state index in [4.69, 9.17) is 9.47 Å². The first-order valence-electron chi connectivity index (χ1n) is 4.30. The first-order valence-corrected chi connectivity index (χ1v) is 5.09. The van der Waals surface area contributed by atoms with Crippen LogP contribution in [0.5, 0.6) is 5.75 Å². The molecule has 3 nitrogen and oxygen atoms in total. The number of carbonyl (C=O) groups is 1. The van der Waals surface area contributed by atoms with Gasteiger partial charge in [-0.05, 0) is 28.9 Å². The standard InChI is InChI=1S/C10H10BrFO3/c1-3-15-10(13)6-4-7(11)8(12)5-9(6)14-2/h4-5H,3H2,1-2H3. The molecule has 0 spiro atoms. The number of methoxy groups -OCH3 is 1. The normalized spacial score (nSPS) is 9.87. The van der Waals surface area contributed by atoms with Gasteiger partial charge in [-0.15, -0.1) is 0 Å². The molecule has 0 bridgehead atoms. The highest BCUT2D eigenvalue weighted by atomic mass is 79.9. The van der Waals surface area contributed by atoms with Gasteiger partial charge in [0.2, 0.25) is 0 Å². The van der Waals surface area contributed by atoms with E-state index in [2.05, 4.69) is 15.9 Å². The summed E-state index contributed by atoms with van der Waals surface area (Å²) in [6, 6.07) is 2.47. The number of benzene rings is 1. The Bertz CT molecular complexity index is 379. The van der Waals surface area contributed by atoms with E-state index in [0.717, 1.165) is 6.07 Å². The van der Waals surface area contributed by atoms with Crippen molar-refractivity contribution >= 4 is 21.9 Å². The zero-order valence-corrected chi connectivity index (χ0v) is 9.93. The summed E-state index contributed by atoms with van der Waals surface area (Å²) in [5, 5.41) is 0. The summed E-state index contributed by atoms with van der Waals surface area (Å²) in [5.74, 6) is -0.857. The van der Waals surface area contributed by atoms with Crippen molar-refractivity contribution in [1.82, 2.24) is 0 Å². The van der Waals surface area contributed by atoms with Crippen LogP contribution < -0.4 is 4.74 Å². The lowest BCUT2D eigenvalue weighted by Gasteiger charge is -2.08. The van der Waals surface area contributed by atoms with Crippen molar-refractivity contribution in [3.05, 3.63) is 28.0 Å². The van der Waals surface area contributed by atoms with Crippen molar-refractivity contribution in [2.45, 2.75) is 6.92 Å². The highest BCUT2D eigenvalue weighted by Crippen LogP contribution is 2.26. The number of esters is 1. The van der Waals surface area contributed by atoms with Crippen molar-refractivity contribution in [2.75, 3.05) is 13.7 Å². The Balaban J connectivity index is 3.15. The zero-order chi connectivity index (χ0) is 11.4. The summed E-state index contributed by atoms with van der Waals surface area (Å²) in [7, 11) is 1.37. The molecule has 0 saturated heterocycles. The van der Waals surface area contributed by atoms with E-state index in [-0.39, 0.29) is 22.4 Å². The Hall–Kier alpha value is -1.10. The minimum atomic E-state index is -0.532. The second-order valence-electron chi connectivity index (χ2n) is 2.69. The largest absolute Gasteiger partial charge is 0.496 e. The van der Waals surface area contributed by atoms with Crippen LogP contribution in [-0.2, 0) is 4.74 Å². The molecule has 1 rings (SSSR count). The van der Waals surface area contributed by atoms with Crippen LogP contribution in [0.25, 0.3) is 0 Å². The molecule has 0 heterocycles. The number of hydrogen-bond donors (Lipinski definition) is 0. The van der Waals surface area contributed by atoms with E-state index in [0.29, 0.717) is 0 Å².